The van der Waals surface area contributed by atoms with E-state index in [1.54, 1.807) is 0 Å². The maximum absolute atomic E-state index is 2.41. The molecule has 0 amide bonds. The van der Waals surface area contributed by atoms with Crippen LogP contribution in [-0.2, 0) is 0 Å². The van der Waals surface area contributed by atoms with Gasteiger partial charge in [0.25, 0.3) is 0 Å². The van der Waals surface area contributed by atoms with Crippen molar-refractivity contribution in [1.29, 1.82) is 0 Å². The van der Waals surface area contributed by atoms with Crippen LogP contribution in [0.4, 0.5) is 11.4 Å². The van der Waals surface area contributed by atoms with Crippen molar-refractivity contribution in [1.82, 2.24) is 4.57 Å². The Morgan fingerprint density at radius 1 is 0.417 bits per heavy atom. The van der Waals surface area contributed by atoms with Gasteiger partial charge in [0.15, 0.2) is 0 Å². The molecule has 8 aromatic rings. The number of anilines is 2. The first-order valence-electron chi connectivity index (χ1n) is 16.7. The normalized spacial score (nSPS) is 13.1. The maximum Gasteiger partial charge on any atom is 0.0541 e. The first-order valence-corrected chi connectivity index (χ1v) is 16.7. The third-order valence-corrected chi connectivity index (χ3v) is 9.73. The van der Waals surface area contributed by atoms with Crippen molar-refractivity contribution in [3.05, 3.63) is 193 Å². The fourth-order valence-corrected chi connectivity index (χ4v) is 7.40. The molecule has 0 saturated carbocycles. The third kappa shape index (κ3) is 4.90. The van der Waals surface area contributed by atoms with Gasteiger partial charge in [-0.25, -0.2) is 0 Å². The second-order valence-corrected chi connectivity index (χ2v) is 12.5. The van der Waals surface area contributed by atoms with Crippen LogP contribution in [0.3, 0.4) is 0 Å². The molecule has 0 fully saturated rings. The second kappa shape index (κ2) is 11.9. The summed E-state index contributed by atoms with van der Waals surface area (Å²) in [7, 11) is 0. The van der Waals surface area contributed by atoms with Crippen LogP contribution < -0.4 is 4.90 Å². The summed E-state index contributed by atoms with van der Waals surface area (Å²) in [6.07, 6.45) is 6.57. The topological polar surface area (TPSA) is 8.17 Å². The molecular formula is C46H34N2. The fourth-order valence-electron chi connectivity index (χ4n) is 7.40. The van der Waals surface area contributed by atoms with Crippen LogP contribution >= 0.6 is 0 Å². The van der Waals surface area contributed by atoms with E-state index < -0.39 is 0 Å². The van der Waals surface area contributed by atoms with E-state index >= 15 is 0 Å². The summed E-state index contributed by atoms with van der Waals surface area (Å²) in [6.45, 7) is 0. The van der Waals surface area contributed by atoms with Crippen LogP contribution in [0.1, 0.15) is 18.4 Å². The van der Waals surface area contributed by atoms with E-state index in [4.69, 9.17) is 0 Å². The van der Waals surface area contributed by atoms with Gasteiger partial charge in [-0.2, -0.15) is 0 Å². The molecule has 1 aromatic heterocycles. The minimum atomic E-state index is 0.959. The quantitative estimate of drug-likeness (QED) is 0.181. The lowest BCUT2D eigenvalue weighted by Gasteiger charge is -2.30. The van der Waals surface area contributed by atoms with Crippen molar-refractivity contribution in [2.24, 2.45) is 0 Å². The number of benzene rings is 7. The third-order valence-electron chi connectivity index (χ3n) is 9.73. The summed E-state index contributed by atoms with van der Waals surface area (Å²) in [5, 5.41) is 5.12. The van der Waals surface area contributed by atoms with Crippen LogP contribution in [0.5, 0.6) is 0 Å². The lowest BCUT2D eigenvalue weighted by atomic mass is 9.94. The van der Waals surface area contributed by atoms with E-state index in [-0.39, 0.29) is 0 Å². The molecule has 9 rings (SSSR count). The first kappa shape index (κ1) is 28.1. The van der Waals surface area contributed by atoms with E-state index in [2.05, 4.69) is 191 Å². The number of rotatable bonds is 6. The molecule has 0 radical (unpaired) electrons. The minimum absolute atomic E-state index is 0.959. The second-order valence-electron chi connectivity index (χ2n) is 12.5. The zero-order valence-corrected chi connectivity index (χ0v) is 26.6. The Bertz CT molecular complexity index is 2420. The summed E-state index contributed by atoms with van der Waals surface area (Å²) in [5.41, 5.74) is 12.4. The SMILES string of the molecule is C1=C(c2ccc(-n3c4ccccc4c4ccccc43)cc2)CCC(N(c2ccccc2)c2ccc(-c3cccc4ccccc34)cc2)=C1. The van der Waals surface area contributed by atoms with Gasteiger partial charge in [0.1, 0.15) is 0 Å². The van der Waals surface area contributed by atoms with Crippen molar-refractivity contribution in [3.8, 4) is 16.8 Å². The Labute approximate surface area is 281 Å². The molecule has 1 heterocycles. The van der Waals surface area contributed by atoms with Gasteiger partial charge in [0.05, 0.1) is 11.0 Å². The van der Waals surface area contributed by atoms with E-state index in [0.717, 1.165) is 12.8 Å². The number of aromatic nitrogens is 1. The molecule has 2 heteroatoms. The minimum Gasteiger partial charge on any atom is -0.314 e. The Morgan fingerprint density at radius 3 is 1.69 bits per heavy atom. The molecule has 7 aromatic carbocycles. The Morgan fingerprint density at radius 2 is 1.00 bits per heavy atom. The largest absolute Gasteiger partial charge is 0.314 e. The number of hydrogen-bond donors (Lipinski definition) is 0. The fraction of sp³-hybridized carbons (Fsp3) is 0.0435. The predicted octanol–water partition coefficient (Wildman–Crippen LogP) is 12.5. The summed E-state index contributed by atoms with van der Waals surface area (Å²) in [5.74, 6) is 0. The lowest BCUT2D eigenvalue weighted by molar-refractivity contribution is 0.930. The molecule has 0 saturated heterocycles. The summed E-state index contributed by atoms with van der Waals surface area (Å²) in [4.78, 5) is 2.41. The Kier molecular flexibility index (Phi) is 6.98. The van der Waals surface area contributed by atoms with Crippen molar-refractivity contribution >= 4 is 49.5 Å². The van der Waals surface area contributed by atoms with E-state index in [1.807, 2.05) is 0 Å². The van der Waals surface area contributed by atoms with Crippen LogP contribution in [0, 0.1) is 0 Å². The highest BCUT2D eigenvalue weighted by Gasteiger charge is 2.19. The molecule has 48 heavy (non-hydrogen) atoms. The smallest absolute Gasteiger partial charge is 0.0541 e. The first-order chi connectivity index (χ1) is 23.8. The van der Waals surface area contributed by atoms with Gasteiger partial charge in [-0.1, -0.05) is 127 Å². The molecule has 2 nitrogen and oxygen atoms in total. The number of allylic oxidation sites excluding steroid dienone is 4. The van der Waals surface area contributed by atoms with Crippen LogP contribution in [0.2, 0.25) is 0 Å². The molecule has 0 aliphatic heterocycles. The molecular weight excluding hydrogens is 581 g/mol. The molecule has 0 N–H and O–H groups in total. The molecule has 0 spiro atoms. The number of fused-ring (bicyclic) bond motifs is 4. The van der Waals surface area contributed by atoms with Gasteiger partial charge in [-0.3, -0.25) is 0 Å². The van der Waals surface area contributed by atoms with E-state index in [9.17, 15) is 0 Å². The van der Waals surface area contributed by atoms with Gasteiger partial charge in [0, 0.05) is 33.5 Å². The lowest BCUT2D eigenvalue weighted by Crippen LogP contribution is -2.17. The monoisotopic (exact) mass is 614 g/mol. The maximum atomic E-state index is 2.41. The summed E-state index contributed by atoms with van der Waals surface area (Å²) in [6, 6.07) is 61.4. The highest BCUT2D eigenvalue weighted by molar-refractivity contribution is 6.09. The number of para-hydroxylation sites is 3. The molecule has 1 aliphatic rings. The Balaban J connectivity index is 1.04. The zero-order chi connectivity index (χ0) is 31.9. The van der Waals surface area contributed by atoms with Crippen LogP contribution in [-0.4, -0.2) is 4.57 Å². The average molecular weight is 615 g/mol. The van der Waals surface area contributed by atoms with Crippen LogP contribution in [0.25, 0.3) is 55.0 Å². The van der Waals surface area contributed by atoms with Gasteiger partial charge >= 0.3 is 0 Å². The standard InChI is InChI=1S/C46H34N2/c1-2-13-37(14-3-1)47(39-31-25-36(26-32-39)42-18-10-12-35-11-4-5-15-41(35)42)38-27-21-33(22-28-38)34-23-29-40(30-24-34)48-45-19-8-6-16-43(45)44-17-7-9-20-46(44)48/h1-21,23-27,29-32H,22,28H2. The highest BCUT2D eigenvalue weighted by atomic mass is 15.1. The van der Waals surface area contributed by atoms with Crippen molar-refractivity contribution in [3.63, 3.8) is 0 Å². The van der Waals surface area contributed by atoms with Gasteiger partial charge in [0.2, 0.25) is 0 Å². The number of hydrogen-bond acceptors (Lipinski definition) is 1. The van der Waals surface area contributed by atoms with E-state index in [1.165, 1.54) is 77.6 Å². The molecule has 228 valence electrons. The van der Waals surface area contributed by atoms with Crippen molar-refractivity contribution < 1.29 is 0 Å². The van der Waals surface area contributed by atoms with Gasteiger partial charge in [-0.05, 0) is 100 Å². The Hall–Kier alpha value is -6.12. The van der Waals surface area contributed by atoms with Gasteiger partial charge in [-0.15, -0.1) is 0 Å². The molecule has 1 aliphatic carbocycles. The molecule has 0 atom stereocenters. The summed E-state index contributed by atoms with van der Waals surface area (Å²) >= 11 is 0. The molecule has 0 unspecified atom stereocenters. The molecule has 0 bridgehead atoms. The van der Waals surface area contributed by atoms with Crippen molar-refractivity contribution in [2.75, 3.05) is 4.90 Å². The highest BCUT2D eigenvalue weighted by Crippen LogP contribution is 2.38. The number of nitrogens with zero attached hydrogens (tertiary/aromatic N) is 2. The van der Waals surface area contributed by atoms with Gasteiger partial charge < -0.3 is 9.47 Å². The average Bonchev–Trinajstić information content (AvgIpc) is 3.50. The van der Waals surface area contributed by atoms with Crippen LogP contribution in [0.15, 0.2) is 188 Å². The zero-order valence-electron chi connectivity index (χ0n) is 26.6. The summed E-state index contributed by atoms with van der Waals surface area (Å²) < 4.78 is 2.38. The van der Waals surface area contributed by atoms with Crippen molar-refractivity contribution in [2.45, 2.75) is 12.8 Å². The predicted molar refractivity (Wildman–Crippen MR) is 204 cm³/mol. The van der Waals surface area contributed by atoms with E-state index in [0.29, 0.717) is 0 Å².